The van der Waals surface area contributed by atoms with E-state index in [0.717, 1.165) is 18.2 Å². The first-order valence-electron chi connectivity index (χ1n) is 3.81. The Labute approximate surface area is 80.2 Å². The first-order chi connectivity index (χ1) is 5.63. The average Bonchev–Trinajstić information content (AvgIpc) is 2.04. The van der Waals surface area contributed by atoms with Crippen LogP contribution >= 0.6 is 12.2 Å². The van der Waals surface area contributed by atoms with Gasteiger partial charge in [0.1, 0.15) is 0 Å². The van der Waals surface area contributed by atoms with Gasteiger partial charge in [-0.1, -0.05) is 12.2 Å². The fourth-order valence-corrected chi connectivity index (χ4v) is 0.984. The van der Waals surface area contributed by atoms with Crippen LogP contribution in [0.5, 0.6) is 0 Å². The van der Waals surface area contributed by atoms with Crippen molar-refractivity contribution < 1.29 is 0 Å². The quantitative estimate of drug-likeness (QED) is 0.483. The lowest BCUT2D eigenvalue weighted by Gasteiger charge is -2.26. The molecule has 0 amide bonds. The largest absolute Gasteiger partial charge is 0.348 e. The Morgan fingerprint density at radius 2 is 1.50 bits per heavy atom. The number of likely N-dealkylation sites (N-methyl/N-ethyl adjacent to an activating group) is 2. The van der Waals surface area contributed by atoms with Gasteiger partial charge in [-0.25, -0.2) is 0 Å². The summed E-state index contributed by atoms with van der Waals surface area (Å²) in [5.41, 5.74) is 0. The van der Waals surface area contributed by atoms with Crippen molar-refractivity contribution in [3.8, 4) is 0 Å². The van der Waals surface area contributed by atoms with Crippen LogP contribution in [0, 0.1) is 0 Å². The zero-order valence-corrected chi connectivity index (χ0v) is 8.60. The third-order valence-electron chi connectivity index (χ3n) is 1.46. The minimum absolute atomic E-state index is 0.778. The van der Waals surface area contributed by atoms with Crippen molar-refractivity contribution in [2.75, 3.05) is 27.2 Å². The van der Waals surface area contributed by atoms with Crippen LogP contribution in [-0.4, -0.2) is 42.1 Å². The molecule has 0 N–H and O–H groups in total. The second kappa shape index (κ2) is 5.77. The molecule has 68 valence electrons. The van der Waals surface area contributed by atoms with Crippen molar-refractivity contribution >= 4 is 17.3 Å². The molecule has 0 aromatic carbocycles. The zero-order chi connectivity index (χ0) is 9.56. The van der Waals surface area contributed by atoms with E-state index < -0.39 is 0 Å². The first kappa shape index (κ1) is 11.2. The van der Waals surface area contributed by atoms with Gasteiger partial charge in [-0.05, 0) is 12.2 Å². The Morgan fingerprint density at radius 1 is 1.17 bits per heavy atom. The van der Waals surface area contributed by atoms with Crippen molar-refractivity contribution in [3.05, 3.63) is 25.3 Å². The Morgan fingerprint density at radius 3 is 1.75 bits per heavy atom. The molecule has 0 rings (SSSR count). The highest BCUT2D eigenvalue weighted by Crippen LogP contribution is 1.94. The number of hydrogen-bond acceptors (Lipinski definition) is 1. The van der Waals surface area contributed by atoms with Gasteiger partial charge in [0, 0.05) is 27.2 Å². The molecule has 0 aromatic rings. The monoisotopic (exact) mass is 184 g/mol. The molecule has 0 aliphatic carbocycles. The lowest BCUT2D eigenvalue weighted by atomic mass is 10.5. The smallest absolute Gasteiger partial charge is 0.171 e. The van der Waals surface area contributed by atoms with Crippen LogP contribution in [0.15, 0.2) is 25.3 Å². The van der Waals surface area contributed by atoms with Crippen molar-refractivity contribution in [2.45, 2.75) is 0 Å². The summed E-state index contributed by atoms with van der Waals surface area (Å²) in [6.07, 6.45) is 3.65. The number of hydrogen-bond donors (Lipinski definition) is 0. The predicted octanol–water partition coefficient (Wildman–Crippen LogP) is 1.51. The van der Waals surface area contributed by atoms with E-state index >= 15 is 0 Å². The van der Waals surface area contributed by atoms with Gasteiger partial charge in [-0.15, -0.1) is 13.2 Å². The second-order valence-corrected chi connectivity index (χ2v) is 2.99. The van der Waals surface area contributed by atoms with E-state index in [4.69, 9.17) is 12.2 Å². The van der Waals surface area contributed by atoms with E-state index in [2.05, 4.69) is 13.2 Å². The highest BCUT2D eigenvalue weighted by molar-refractivity contribution is 7.80. The van der Waals surface area contributed by atoms with Crippen LogP contribution in [0.2, 0.25) is 0 Å². The molecular formula is C9H16N2S. The molecule has 3 heteroatoms. The molecule has 0 spiro atoms. The molecule has 0 aliphatic heterocycles. The summed E-state index contributed by atoms with van der Waals surface area (Å²) in [4.78, 5) is 3.93. The van der Waals surface area contributed by atoms with Gasteiger partial charge < -0.3 is 9.80 Å². The summed E-state index contributed by atoms with van der Waals surface area (Å²) in [6, 6.07) is 0. The Hall–Kier alpha value is -0.830. The van der Waals surface area contributed by atoms with Gasteiger partial charge in [0.25, 0.3) is 0 Å². The van der Waals surface area contributed by atoms with Crippen molar-refractivity contribution in [1.82, 2.24) is 9.80 Å². The molecule has 0 heterocycles. The fourth-order valence-electron chi connectivity index (χ4n) is 0.835. The van der Waals surface area contributed by atoms with Crippen LogP contribution in [0.25, 0.3) is 0 Å². The topological polar surface area (TPSA) is 6.48 Å². The van der Waals surface area contributed by atoms with Crippen molar-refractivity contribution in [1.29, 1.82) is 0 Å². The summed E-state index contributed by atoms with van der Waals surface area (Å²) in [5.74, 6) is 0. The molecule has 0 radical (unpaired) electrons. The SMILES string of the molecule is C=CCN(C)C(=S)N(C)CC=C. The molecule has 12 heavy (non-hydrogen) atoms. The third kappa shape index (κ3) is 3.53. The molecule has 0 fully saturated rings. The lowest BCUT2D eigenvalue weighted by Crippen LogP contribution is -2.38. The van der Waals surface area contributed by atoms with Gasteiger partial charge in [-0.3, -0.25) is 0 Å². The third-order valence-corrected chi connectivity index (χ3v) is 2.08. The Balaban J connectivity index is 3.98. The minimum atomic E-state index is 0.778. The first-order valence-corrected chi connectivity index (χ1v) is 4.22. The van der Waals surface area contributed by atoms with Crippen LogP contribution < -0.4 is 0 Å². The maximum absolute atomic E-state index is 5.19. The molecule has 0 saturated carbocycles. The second-order valence-electron chi connectivity index (χ2n) is 2.62. The van der Waals surface area contributed by atoms with Gasteiger partial charge in [-0.2, -0.15) is 0 Å². The summed E-state index contributed by atoms with van der Waals surface area (Å²) < 4.78 is 0. The van der Waals surface area contributed by atoms with E-state index in [1.54, 1.807) is 0 Å². The standard InChI is InChI=1S/C9H16N2S/c1-5-7-10(3)9(12)11(4)8-6-2/h5-6H,1-2,7-8H2,3-4H3. The van der Waals surface area contributed by atoms with Crippen LogP contribution in [0.1, 0.15) is 0 Å². The maximum atomic E-state index is 5.19. The molecule has 0 aliphatic rings. The van der Waals surface area contributed by atoms with Gasteiger partial charge in [0.05, 0.1) is 0 Å². The summed E-state index contributed by atoms with van der Waals surface area (Å²) in [6.45, 7) is 8.85. The number of nitrogens with zero attached hydrogens (tertiary/aromatic N) is 2. The summed E-state index contributed by atoms with van der Waals surface area (Å²) in [7, 11) is 3.90. The van der Waals surface area contributed by atoms with Gasteiger partial charge in [0.2, 0.25) is 0 Å². The van der Waals surface area contributed by atoms with Crippen LogP contribution in [0.4, 0.5) is 0 Å². The molecule has 0 aromatic heterocycles. The maximum Gasteiger partial charge on any atom is 0.171 e. The van der Waals surface area contributed by atoms with E-state index in [-0.39, 0.29) is 0 Å². The van der Waals surface area contributed by atoms with E-state index in [9.17, 15) is 0 Å². The average molecular weight is 184 g/mol. The van der Waals surface area contributed by atoms with Crippen molar-refractivity contribution in [2.24, 2.45) is 0 Å². The summed E-state index contributed by atoms with van der Waals surface area (Å²) >= 11 is 5.19. The fraction of sp³-hybridized carbons (Fsp3) is 0.444. The minimum Gasteiger partial charge on any atom is -0.348 e. The molecule has 0 atom stereocenters. The number of thiocarbonyl (C=S) groups is 1. The van der Waals surface area contributed by atoms with Crippen molar-refractivity contribution in [3.63, 3.8) is 0 Å². The normalized spacial score (nSPS) is 8.83. The highest BCUT2D eigenvalue weighted by Gasteiger charge is 2.05. The predicted molar refractivity (Wildman–Crippen MR) is 58.3 cm³/mol. The Bertz CT molecular complexity index is 159. The van der Waals surface area contributed by atoms with Crippen LogP contribution in [0.3, 0.4) is 0 Å². The summed E-state index contributed by atoms with van der Waals surface area (Å²) in [5, 5.41) is 0.815. The molecule has 0 bridgehead atoms. The number of rotatable bonds is 4. The lowest BCUT2D eigenvalue weighted by molar-refractivity contribution is 0.450. The van der Waals surface area contributed by atoms with Crippen LogP contribution in [-0.2, 0) is 0 Å². The van der Waals surface area contributed by atoms with Gasteiger partial charge in [0.15, 0.2) is 5.11 Å². The van der Waals surface area contributed by atoms with Gasteiger partial charge >= 0.3 is 0 Å². The molecule has 0 saturated heterocycles. The van der Waals surface area contributed by atoms with E-state index in [1.807, 2.05) is 36.0 Å². The molecule has 2 nitrogen and oxygen atoms in total. The van der Waals surface area contributed by atoms with E-state index in [0.29, 0.717) is 0 Å². The van der Waals surface area contributed by atoms with E-state index in [1.165, 1.54) is 0 Å². The zero-order valence-electron chi connectivity index (χ0n) is 7.79. The molecular weight excluding hydrogens is 168 g/mol. The Kier molecular flexibility index (Phi) is 5.37. The highest BCUT2D eigenvalue weighted by atomic mass is 32.1. The molecule has 0 unspecified atom stereocenters.